The summed E-state index contributed by atoms with van der Waals surface area (Å²) in [4.78, 5) is 29.5. The second kappa shape index (κ2) is 6.46. The Morgan fingerprint density at radius 3 is 2.56 bits per heavy atom. The number of carbonyl (C=O) groups excluding carboxylic acids is 2. The molecule has 2 bridgehead atoms. The number of ether oxygens (including phenoxy) is 2. The first-order valence-electron chi connectivity index (χ1n) is 8.77. The lowest BCUT2D eigenvalue weighted by Gasteiger charge is -2.41. The maximum atomic E-state index is 12.9. The number of hydrogen-bond acceptors (Lipinski definition) is 4. The van der Waals surface area contributed by atoms with Crippen LogP contribution in [0, 0.1) is 0 Å². The molecular formula is C18H23N3O4. The Labute approximate surface area is 147 Å². The zero-order chi connectivity index (χ0) is 17.4. The van der Waals surface area contributed by atoms with E-state index in [1.54, 1.807) is 9.80 Å². The Bertz CT molecular complexity index is 666. The minimum atomic E-state index is 0.0351. The van der Waals surface area contributed by atoms with Crippen molar-refractivity contribution in [1.82, 2.24) is 14.7 Å². The van der Waals surface area contributed by atoms with Crippen molar-refractivity contribution in [3.05, 3.63) is 23.8 Å². The van der Waals surface area contributed by atoms with Crippen molar-refractivity contribution in [1.29, 1.82) is 0 Å². The van der Waals surface area contributed by atoms with Gasteiger partial charge in [-0.3, -0.25) is 4.79 Å². The van der Waals surface area contributed by atoms with Crippen LogP contribution in [-0.2, 0) is 11.3 Å². The van der Waals surface area contributed by atoms with E-state index in [0.717, 1.165) is 36.3 Å². The number of piperazine rings is 1. The van der Waals surface area contributed by atoms with Gasteiger partial charge in [0, 0.05) is 26.7 Å². The van der Waals surface area contributed by atoms with Crippen LogP contribution in [0.3, 0.4) is 0 Å². The highest BCUT2D eigenvalue weighted by atomic mass is 16.6. The molecule has 134 valence electrons. The molecule has 0 radical (unpaired) electrons. The molecule has 0 spiro atoms. The number of benzene rings is 1. The molecule has 2 saturated heterocycles. The third kappa shape index (κ3) is 2.99. The van der Waals surface area contributed by atoms with E-state index < -0.39 is 0 Å². The molecule has 2 fully saturated rings. The van der Waals surface area contributed by atoms with Crippen LogP contribution < -0.4 is 9.47 Å². The van der Waals surface area contributed by atoms with E-state index in [0.29, 0.717) is 32.8 Å². The van der Waals surface area contributed by atoms with Gasteiger partial charge in [-0.1, -0.05) is 6.07 Å². The molecule has 3 amide bonds. The van der Waals surface area contributed by atoms with Gasteiger partial charge in [0.25, 0.3) is 0 Å². The number of amides is 3. The lowest BCUT2D eigenvalue weighted by Crippen LogP contribution is -2.57. The van der Waals surface area contributed by atoms with Gasteiger partial charge in [0.15, 0.2) is 11.5 Å². The summed E-state index contributed by atoms with van der Waals surface area (Å²) >= 11 is 0. The van der Waals surface area contributed by atoms with Crippen molar-refractivity contribution in [3.63, 3.8) is 0 Å². The van der Waals surface area contributed by atoms with Crippen LogP contribution in [0.5, 0.6) is 11.5 Å². The Kier molecular flexibility index (Phi) is 4.15. The smallest absolute Gasteiger partial charge is 0.320 e. The number of hydrogen-bond donors (Lipinski definition) is 0. The fourth-order valence-electron chi connectivity index (χ4n) is 4.06. The SMILES string of the molecule is CN(Cc1ccc2c(c1)OCCO2)C(=O)N1[C@@H]2CC[C@H]1CN(C=O)C2. The summed E-state index contributed by atoms with van der Waals surface area (Å²) in [7, 11) is 1.82. The van der Waals surface area contributed by atoms with Crippen LogP contribution in [-0.4, -0.2) is 72.6 Å². The fourth-order valence-corrected chi connectivity index (χ4v) is 4.06. The Hall–Kier alpha value is -2.44. The van der Waals surface area contributed by atoms with E-state index in [-0.39, 0.29) is 18.1 Å². The molecule has 7 nitrogen and oxygen atoms in total. The number of likely N-dealkylation sites (tertiary alicyclic amines) is 1. The van der Waals surface area contributed by atoms with Crippen LogP contribution in [0.1, 0.15) is 18.4 Å². The molecule has 3 heterocycles. The summed E-state index contributed by atoms with van der Waals surface area (Å²) in [6.45, 7) is 2.92. The maximum Gasteiger partial charge on any atom is 0.320 e. The molecule has 1 aromatic carbocycles. The van der Waals surface area contributed by atoms with Gasteiger partial charge in [0.2, 0.25) is 6.41 Å². The molecular weight excluding hydrogens is 322 g/mol. The van der Waals surface area contributed by atoms with E-state index in [1.165, 1.54) is 0 Å². The number of rotatable bonds is 3. The van der Waals surface area contributed by atoms with Crippen LogP contribution in [0.15, 0.2) is 18.2 Å². The molecule has 3 aliphatic heterocycles. The van der Waals surface area contributed by atoms with Crippen molar-refractivity contribution in [2.75, 3.05) is 33.4 Å². The quantitative estimate of drug-likeness (QED) is 0.775. The van der Waals surface area contributed by atoms with E-state index in [1.807, 2.05) is 30.1 Å². The van der Waals surface area contributed by atoms with Gasteiger partial charge in [0.1, 0.15) is 13.2 Å². The average Bonchev–Trinajstić information content (AvgIpc) is 2.90. The van der Waals surface area contributed by atoms with E-state index >= 15 is 0 Å². The predicted molar refractivity (Wildman–Crippen MR) is 90.6 cm³/mol. The zero-order valence-electron chi connectivity index (χ0n) is 14.4. The van der Waals surface area contributed by atoms with Gasteiger partial charge < -0.3 is 24.2 Å². The summed E-state index contributed by atoms with van der Waals surface area (Å²) in [5.41, 5.74) is 1.01. The Morgan fingerprint density at radius 1 is 1.20 bits per heavy atom. The van der Waals surface area contributed by atoms with Crippen molar-refractivity contribution < 1.29 is 19.1 Å². The van der Waals surface area contributed by atoms with Gasteiger partial charge in [0.05, 0.1) is 12.1 Å². The molecule has 2 atom stereocenters. The topological polar surface area (TPSA) is 62.3 Å². The Morgan fingerprint density at radius 2 is 1.88 bits per heavy atom. The molecule has 0 aromatic heterocycles. The van der Waals surface area contributed by atoms with Crippen molar-refractivity contribution in [3.8, 4) is 11.5 Å². The molecule has 0 N–H and O–H groups in total. The van der Waals surface area contributed by atoms with Gasteiger partial charge in [-0.2, -0.15) is 0 Å². The van der Waals surface area contributed by atoms with Gasteiger partial charge >= 0.3 is 6.03 Å². The normalized spacial score (nSPS) is 24.2. The highest BCUT2D eigenvalue weighted by molar-refractivity contribution is 5.76. The van der Waals surface area contributed by atoms with Gasteiger partial charge in [-0.25, -0.2) is 4.79 Å². The number of fused-ring (bicyclic) bond motifs is 3. The lowest BCUT2D eigenvalue weighted by atomic mass is 10.1. The number of carbonyl (C=O) groups is 2. The van der Waals surface area contributed by atoms with Crippen LogP contribution >= 0.6 is 0 Å². The summed E-state index contributed by atoms with van der Waals surface area (Å²) < 4.78 is 11.1. The third-order valence-corrected chi connectivity index (χ3v) is 5.23. The van der Waals surface area contributed by atoms with Crippen LogP contribution in [0.25, 0.3) is 0 Å². The largest absolute Gasteiger partial charge is 0.486 e. The minimum Gasteiger partial charge on any atom is -0.486 e. The average molecular weight is 345 g/mol. The highest BCUT2D eigenvalue weighted by Gasteiger charge is 2.43. The van der Waals surface area contributed by atoms with Gasteiger partial charge in [-0.15, -0.1) is 0 Å². The van der Waals surface area contributed by atoms with E-state index in [2.05, 4.69) is 0 Å². The summed E-state index contributed by atoms with van der Waals surface area (Å²) in [6.07, 6.45) is 2.84. The molecule has 1 aromatic rings. The van der Waals surface area contributed by atoms with Crippen molar-refractivity contribution in [2.45, 2.75) is 31.5 Å². The van der Waals surface area contributed by atoms with Crippen LogP contribution in [0.4, 0.5) is 4.79 Å². The van der Waals surface area contributed by atoms with Crippen LogP contribution in [0.2, 0.25) is 0 Å². The zero-order valence-corrected chi connectivity index (χ0v) is 14.4. The third-order valence-electron chi connectivity index (χ3n) is 5.23. The van der Waals surface area contributed by atoms with E-state index in [4.69, 9.17) is 9.47 Å². The first-order valence-corrected chi connectivity index (χ1v) is 8.77. The maximum absolute atomic E-state index is 12.9. The minimum absolute atomic E-state index is 0.0351. The fraction of sp³-hybridized carbons (Fsp3) is 0.556. The molecule has 7 heteroatoms. The highest BCUT2D eigenvalue weighted by Crippen LogP contribution is 2.32. The summed E-state index contributed by atoms with van der Waals surface area (Å²) in [6, 6.07) is 6.12. The number of nitrogens with zero attached hydrogens (tertiary/aromatic N) is 3. The molecule has 0 unspecified atom stereocenters. The van der Waals surface area contributed by atoms with Gasteiger partial charge in [-0.05, 0) is 30.5 Å². The molecule has 0 saturated carbocycles. The molecule has 25 heavy (non-hydrogen) atoms. The standard InChI is InChI=1S/C18H23N3O4/c1-19(9-13-2-5-16-17(8-13)25-7-6-24-16)18(23)21-14-3-4-15(21)11-20(10-14)12-22/h2,5,8,12,14-15H,3-4,6-7,9-11H2,1H3/t14-,15+. The second-order valence-corrected chi connectivity index (χ2v) is 6.97. The lowest BCUT2D eigenvalue weighted by molar-refractivity contribution is -0.120. The monoisotopic (exact) mass is 345 g/mol. The summed E-state index contributed by atoms with van der Waals surface area (Å²) in [5.74, 6) is 1.50. The molecule has 0 aliphatic carbocycles. The molecule has 3 aliphatic rings. The predicted octanol–water partition coefficient (Wildman–Crippen LogP) is 1.31. The summed E-state index contributed by atoms with van der Waals surface area (Å²) in [5, 5.41) is 0. The number of urea groups is 1. The Balaban J connectivity index is 1.44. The second-order valence-electron chi connectivity index (χ2n) is 6.97. The molecule has 4 rings (SSSR count). The first-order chi connectivity index (χ1) is 12.2. The van der Waals surface area contributed by atoms with E-state index in [9.17, 15) is 9.59 Å². The first kappa shape index (κ1) is 16.1. The van der Waals surface area contributed by atoms with Crippen molar-refractivity contribution in [2.24, 2.45) is 0 Å². The van der Waals surface area contributed by atoms with Crippen molar-refractivity contribution >= 4 is 12.4 Å².